The molecule has 0 radical (unpaired) electrons. The molecule has 0 spiro atoms. The maximum Gasteiger partial charge on any atom is 0.173 e. The van der Waals surface area contributed by atoms with Crippen molar-refractivity contribution in [2.45, 2.75) is 44.3 Å². The van der Waals surface area contributed by atoms with Crippen molar-refractivity contribution in [1.29, 1.82) is 0 Å². The number of tetrazole rings is 1. The minimum atomic E-state index is 0.0339. The molecule has 2 aliphatic rings. The van der Waals surface area contributed by atoms with E-state index in [0.29, 0.717) is 6.54 Å². The van der Waals surface area contributed by atoms with Crippen molar-refractivity contribution in [2.24, 2.45) is 0 Å². The lowest BCUT2D eigenvalue weighted by molar-refractivity contribution is 0.0771. The smallest absolute Gasteiger partial charge is 0.173 e. The summed E-state index contributed by atoms with van der Waals surface area (Å²) in [7, 11) is 1.70. The van der Waals surface area contributed by atoms with Gasteiger partial charge in [-0.25, -0.2) is 4.68 Å². The minimum absolute atomic E-state index is 0.0339. The van der Waals surface area contributed by atoms with Crippen LogP contribution in [0.4, 0.5) is 0 Å². The number of aromatic nitrogens is 4. The summed E-state index contributed by atoms with van der Waals surface area (Å²) < 4.78 is 7.35. The fourth-order valence-corrected chi connectivity index (χ4v) is 5.70. The van der Waals surface area contributed by atoms with Crippen LogP contribution < -0.4 is 4.74 Å². The van der Waals surface area contributed by atoms with Crippen molar-refractivity contribution < 1.29 is 4.74 Å². The fraction of sp³-hybridized carbons (Fsp3) is 0.522. The van der Waals surface area contributed by atoms with E-state index in [1.54, 1.807) is 18.4 Å². The molecular weight excluding hydrogens is 408 g/mol. The number of rotatable bonds is 7. The molecule has 1 atom stereocenters. The van der Waals surface area contributed by atoms with E-state index in [-0.39, 0.29) is 6.04 Å². The molecule has 0 N–H and O–H groups in total. The van der Waals surface area contributed by atoms with Gasteiger partial charge in [0.15, 0.2) is 5.82 Å². The lowest BCUT2D eigenvalue weighted by Crippen LogP contribution is -2.51. The molecule has 164 valence electrons. The average molecular weight is 439 g/mol. The Morgan fingerprint density at radius 2 is 1.84 bits per heavy atom. The standard InChI is InChI=1S/C23H30N6OS/c1-30-20-10-8-18(9-11-20)22(23-24-25-26-29(23)17-21-7-4-16-31-21)28-14-12-27(13-15-28)19-5-2-3-6-19/h4,7-11,16,19,22H,2-3,5-6,12-15,17H2,1H3/t22-/m1/s1. The van der Waals surface area contributed by atoms with E-state index in [4.69, 9.17) is 4.74 Å². The third-order valence-electron chi connectivity index (χ3n) is 6.68. The summed E-state index contributed by atoms with van der Waals surface area (Å²) in [5.74, 6) is 1.78. The number of piperazine rings is 1. The van der Waals surface area contributed by atoms with E-state index in [1.165, 1.54) is 36.1 Å². The number of ether oxygens (including phenoxy) is 1. The number of thiophene rings is 1. The molecule has 1 saturated heterocycles. The van der Waals surface area contributed by atoms with Gasteiger partial charge in [0.25, 0.3) is 0 Å². The normalized spacial score (nSPS) is 19.6. The van der Waals surface area contributed by atoms with Gasteiger partial charge >= 0.3 is 0 Å². The molecule has 3 heterocycles. The topological polar surface area (TPSA) is 59.3 Å². The van der Waals surface area contributed by atoms with E-state index < -0.39 is 0 Å². The highest BCUT2D eigenvalue weighted by molar-refractivity contribution is 7.09. The predicted molar refractivity (Wildman–Crippen MR) is 121 cm³/mol. The molecule has 1 aliphatic carbocycles. The van der Waals surface area contributed by atoms with Gasteiger partial charge in [0.1, 0.15) is 5.75 Å². The summed E-state index contributed by atoms with van der Waals surface area (Å²) in [5.41, 5.74) is 1.21. The monoisotopic (exact) mass is 438 g/mol. The Kier molecular flexibility index (Phi) is 6.29. The molecular formula is C23H30N6OS. The maximum absolute atomic E-state index is 5.39. The van der Waals surface area contributed by atoms with E-state index in [1.807, 2.05) is 16.8 Å². The second-order valence-corrected chi connectivity index (χ2v) is 9.49. The van der Waals surface area contributed by atoms with Crippen molar-refractivity contribution in [3.8, 4) is 5.75 Å². The summed E-state index contributed by atoms with van der Waals surface area (Å²) in [6, 6.07) is 13.4. The van der Waals surface area contributed by atoms with Gasteiger partial charge in [-0.05, 0) is 52.4 Å². The average Bonchev–Trinajstić information content (AvgIpc) is 3.59. The highest BCUT2D eigenvalue weighted by atomic mass is 32.1. The Balaban J connectivity index is 1.41. The Bertz CT molecular complexity index is 943. The molecule has 5 rings (SSSR count). The van der Waals surface area contributed by atoms with Gasteiger partial charge in [-0.1, -0.05) is 31.0 Å². The van der Waals surface area contributed by atoms with Gasteiger partial charge in [0.05, 0.1) is 19.7 Å². The molecule has 7 nitrogen and oxygen atoms in total. The number of nitrogens with zero attached hydrogens (tertiary/aromatic N) is 6. The van der Waals surface area contributed by atoms with Crippen molar-refractivity contribution in [3.05, 3.63) is 58.0 Å². The fourth-order valence-electron chi connectivity index (χ4n) is 5.01. The Morgan fingerprint density at radius 1 is 1.06 bits per heavy atom. The lowest BCUT2D eigenvalue weighted by Gasteiger charge is -2.41. The largest absolute Gasteiger partial charge is 0.497 e. The molecule has 1 aliphatic heterocycles. The summed E-state index contributed by atoms with van der Waals surface area (Å²) in [6.45, 7) is 4.99. The van der Waals surface area contributed by atoms with E-state index in [0.717, 1.165) is 43.8 Å². The molecule has 3 aromatic rings. The second-order valence-electron chi connectivity index (χ2n) is 8.46. The van der Waals surface area contributed by atoms with Crippen LogP contribution in [0.3, 0.4) is 0 Å². The van der Waals surface area contributed by atoms with Gasteiger partial charge in [-0.15, -0.1) is 16.4 Å². The molecule has 0 bridgehead atoms. The molecule has 2 aromatic heterocycles. The van der Waals surface area contributed by atoms with Crippen LogP contribution in [-0.2, 0) is 6.54 Å². The quantitative estimate of drug-likeness (QED) is 0.563. The molecule has 1 aromatic carbocycles. The first-order valence-electron chi connectivity index (χ1n) is 11.2. The van der Waals surface area contributed by atoms with Crippen molar-refractivity contribution >= 4 is 11.3 Å². The van der Waals surface area contributed by atoms with Crippen LogP contribution in [-0.4, -0.2) is 69.3 Å². The summed E-state index contributed by atoms with van der Waals surface area (Å²) in [4.78, 5) is 6.50. The third kappa shape index (κ3) is 4.51. The zero-order valence-corrected chi connectivity index (χ0v) is 18.9. The van der Waals surface area contributed by atoms with Crippen LogP contribution in [0.2, 0.25) is 0 Å². The molecule has 0 unspecified atom stereocenters. The maximum atomic E-state index is 5.39. The third-order valence-corrected chi connectivity index (χ3v) is 7.54. The Labute approximate surface area is 187 Å². The molecule has 2 fully saturated rings. The first-order chi connectivity index (χ1) is 15.3. The predicted octanol–water partition coefficient (Wildman–Crippen LogP) is 3.44. The number of methoxy groups -OCH3 is 1. The minimum Gasteiger partial charge on any atom is -0.497 e. The van der Waals surface area contributed by atoms with Crippen LogP contribution in [0.1, 0.15) is 48.0 Å². The SMILES string of the molecule is COc1ccc([C@H](c2nnnn2Cc2cccs2)N2CCN(C3CCCC3)CC2)cc1. The lowest BCUT2D eigenvalue weighted by atomic mass is 10.0. The Hall–Kier alpha value is -2.29. The van der Waals surface area contributed by atoms with E-state index >= 15 is 0 Å². The second kappa shape index (κ2) is 9.46. The summed E-state index contributed by atoms with van der Waals surface area (Å²) in [5, 5.41) is 15.0. The molecule has 8 heteroatoms. The molecule has 0 amide bonds. The van der Waals surface area contributed by atoms with Crippen molar-refractivity contribution in [1.82, 2.24) is 30.0 Å². The zero-order valence-electron chi connectivity index (χ0n) is 18.1. The number of hydrogen-bond donors (Lipinski definition) is 0. The van der Waals surface area contributed by atoms with Crippen LogP contribution in [0.25, 0.3) is 0 Å². The van der Waals surface area contributed by atoms with Crippen molar-refractivity contribution in [3.63, 3.8) is 0 Å². The van der Waals surface area contributed by atoms with Gasteiger partial charge < -0.3 is 4.74 Å². The summed E-state index contributed by atoms with van der Waals surface area (Å²) in [6.07, 6.45) is 5.50. The number of hydrogen-bond acceptors (Lipinski definition) is 7. The molecule has 1 saturated carbocycles. The Morgan fingerprint density at radius 3 is 2.52 bits per heavy atom. The van der Waals surface area contributed by atoms with Crippen LogP contribution in [0, 0.1) is 0 Å². The van der Waals surface area contributed by atoms with Crippen LogP contribution in [0.15, 0.2) is 41.8 Å². The van der Waals surface area contributed by atoms with E-state index in [9.17, 15) is 0 Å². The van der Waals surface area contributed by atoms with Crippen LogP contribution >= 0.6 is 11.3 Å². The summed E-state index contributed by atoms with van der Waals surface area (Å²) >= 11 is 1.74. The van der Waals surface area contributed by atoms with Gasteiger partial charge in [0, 0.05) is 37.1 Å². The van der Waals surface area contributed by atoms with Crippen molar-refractivity contribution in [2.75, 3.05) is 33.3 Å². The van der Waals surface area contributed by atoms with Crippen LogP contribution in [0.5, 0.6) is 5.75 Å². The highest BCUT2D eigenvalue weighted by Gasteiger charge is 2.33. The van der Waals surface area contributed by atoms with Gasteiger partial charge in [0.2, 0.25) is 0 Å². The van der Waals surface area contributed by atoms with E-state index in [2.05, 4.69) is 55.0 Å². The molecule has 31 heavy (non-hydrogen) atoms. The first-order valence-corrected chi connectivity index (χ1v) is 12.1. The zero-order chi connectivity index (χ0) is 21.0. The van der Waals surface area contributed by atoms with Gasteiger partial charge in [-0.2, -0.15) is 0 Å². The van der Waals surface area contributed by atoms with Gasteiger partial charge in [-0.3, -0.25) is 9.80 Å². The highest BCUT2D eigenvalue weighted by Crippen LogP contribution is 2.31. The first kappa shape index (κ1) is 20.6. The number of benzene rings is 1.